The maximum absolute atomic E-state index is 13.0. The first-order chi connectivity index (χ1) is 15.5. The van der Waals surface area contributed by atoms with E-state index in [1.165, 1.54) is 35.1 Å². The molecule has 0 aliphatic carbocycles. The monoisotopic (exact) mass is 474 g/mol. The van der Waals surface area contributed by atoms with Gasteiger partial charge in [0.25, 0.3) is 5.91 Å². The second kappa shape index (κ2) is 9.27. The summed E-state index contributed by atoms with van der Waals surface area (Å²) in [6.45, 7) is -2.96. The minimum atomic E-state index is -3.06. The summed E-state index contributed by atoms with van der Waals surface area (Å²) in [5.41, 5.74) is 6.34. The Hall–Kier alpha value is -3.59. The first-order valence-electron chi connectivity index (χ1n) is 9.00. The molecule has 3 heterocycles. The second-order valence-electron chi connectivity index (χ2n) is 6.12. The molecule has 4 aromatic rings. The number of carbonyl (C=O) groups excluding carboxylic acids is 1. The second-order valence-corrected chi connectivity index (χ2v) is 7.56. The van der Waals surface area contributed by atoms with Crippen molar-refractivity contribution in [2.75, 3.05) is 11.9 Å². The molecule has 0 aliphatic heterocycles. The lowest BCUT2D eigenvalue weighted by Gasteiger charge is -2.11. The van der Waals surface area contributed by atoms with Gasteiger partial charge in [0.2, 0.25) is 0 Å². The Balaban J connectivity index is 1.78. The van der Waals surface area contributed by atoms with Crippen LogP contribution in [0.5, 0.6) is 5.75 Å². The van der Waals surface area contributed by atoms with Gasteiger partial charge < -0.3 is 15.8 Å². The van der Waals surface area contributed by atoms with Crippen molar-refractivity contribution >= 4 is 39.5 Å². The number of nitrogens with one attached hydrogen (secondary N) is 1. The van der Waals surface area contributed by atoms with Gasteiger partial charge in [-0.1, -0.05) is 28.9 Å². The molecule has 162 valence electrons. The lowest BCUT2D eigenvalue weighted by Crippen LogP contribution is -2.12. The molecule has 0 atom stereocenters. The number of fused-ring (bicyclic) bond motifs is 1. The fourth-order valence-corrected chi connectivity index (χ4v) is 3.83. The number of nitrogens with zero attached hydrogens (tertiary/aromatic N) is 4. The number of carbonyl (C=O) groups is 1. The Labute approximate surface area is 189 Å². The molecule has 12 heteroatoms. The summed E-state index contributed by atoms with van der Waals surface area (Å²) in [5, 5.41) is 7.68. The molecule has 0 radical (unpaired) electrons. The maximum Gasteiger partial charge on any atom is 0.387 e. The molecule has 1 amide bonds. The van der Waals surface area contributed by atoms with Crippen molar-refractivity contribution < 1.29 is 18.3 Å². The summed E-state index contributed by atoms with van der Waals surface area (Å²) >= 11 is 7.13. The predicted octanol–water partition coefficient (Wildman–Crippen LogP) is 3.67. The Morgan fingerprint density at radius 1 is 1.41 bits per heavy atom. The zero-order valence-electron chi connectivity index (χ0n) is 16.1. The molecule has 32 heavy (non-hydrogen) atoms. The van der Waals surface area contributed by atoms with Crippen molar-refractivity contribution in [2.24, 2.45) is 5.73 Å². The van der Waals surface area contributed by atoms with Crippen LogP contribution in [-0.2, 0) is 0 Å². The fourth-order valence-electron chi connectivity index (χ4n) is 2.81. The molecule has 0 unspecified atom stereocenters. The quantitative estimate of drug-likeness (QED) is 0.427. The van der Waals surface area contributed by atoms with E-state index in [1.54, 1.807) is 12.3 Å². The number of alkyl halides is 2. The Morgan fingerprint density at radius 2 is 2.25 bits per heavy atom. The van der Waals surface area contributed by atoms with Crippen LogP contribution in [0.3, 0.4) is 0 Å². The number of hydrogen-bond acceptors (Lipinski definition) is 7. The van der Waals surface area contributed by atoms with Gasteiger partial charge in [0.1, 0.15) is 22.0 Å². The van der Waals surface area contributed by atoms with E-state index in [1.807, 2.05) is 0 Å². The zero-order valence-corrected chi connectivity index (χ0v) is 17.6. The molecule has 0 spiro atoms. The van der Waals surface area contributed by atoms with Crippen molar-refractivity contribution in [3.63, 3.8) is 0 Å². The Morgan fingerprint density at radius 3 is 3.03 bits per heavy atom. The van der Waals surface area contributed by atoms with Gasteiger partial charge in [-0.25, -0.2) is 14.5 Å². The Bertz CT molecular complexity index is 1360. The van der Waals surface area contributed by atoms with Crippen molar-refractivity contribution in [1.82, 2.24) is 19.6 Å². The Kier molecular flexibility index (Phi) is 6.27. The number of anilines is 1. The summed E-state index contributed by atoms with van der Waals surface area (Å²) < 4.78 is 31.9. The smallest absolute Gasteiger partial charge is 0.387 e. The van der Waals surface area contributed by atoms with Crippen molar-refractivity contribution in [3.8, 4) is 28.8 Å². The highest BCUT2D eigenvalue weighted by atomic mass is 35.5. The molecule has 1 aromatic carbocycles. The molecule has 3 aromatic heterocycles. The third-order valence-corrected chi connectivity index (χ3v) is 5.21. The van der Waals surface area contributed by atoms with E-state index in [2.05, 4.69) is 37.0 Å². The first-order valence-corrected chi connectivity index (χ1v) is 10.2. The van der Waals surface area contributed by atoms with Gasteiger partial charge in [-0.05, 0) is 30.2 Å². The number of nitrogens with two attached hydrogens (primary N) is 1. The van der Waals surface area contributed by atoms with Gasteiger partial charge >= 0.3 is 6.61 Å². The molecule has 0 aliphatic rings. The molecule has 0 fully saturated rings. The van der Waals surface area contributed by atoms with E-state index >= 15 is 0 Å². The molecule has 0 saturated carbocycles. The van der Waals surface area contributed by atoms with E-state index in [-0.39, 0.29) is 39.1 Å². The highest BCUT2D eigenvalue weighted by Crippen LogP contribution is 2.40. The van der Waals surface area contributed by atoms with E-state index in [0.717, 1.165) is 11.3 Å². The third kappa shape index (κ3) is 4.52. The van der Waals surface area contributed by atoms with Crippen molar-refractivity contribution in [1.29, 1.82) is 0 Å². The average molecular weight is 475 g/mol. The van der Waals surface area contributed by atoms with Crippen LogP contribution in [-0.4, -0.2) is 38.6 Å². The number of rotatable bonds is 5. The number of ether oxygens (including phenoxy) is 1. The summed E-state index contributed by atoms with van der Waals surface area (Å²) in [7, 11) is 0. The summed E-state index contributed by atoms with van der Waals surface area (Å²) in [6.07, 6.45) is 4.56. The number of thiazole rings is 1. The van der Waals surface area contributed by atoms with E-state index < -0.39 is 12.5 Å². The average Bonchev–Trinajstić information content (AvgIpc) is 3.37. The normalized spacial score (nSPS) is 10.8. The van der Waals surface area contributed by atoms with Crippen LogP contribution in [0.4, 0.5) is 13.8 Å². The minimum Gasteiger partial charge on any atom is -0.434 e. The number of halogens is 3. The van der Waals surface area contributed by atoms with Crippen LogP contribution in [0.1, 0.15) is 15.4 Å². The van der Waals surface area contributed by atoms with Gasteiger partial charge in [0.05, 0.1) is 12.7 Å². The number of amides is 1. The molecule has 8 nitrogen and oxygen atoms in total. The van der Waals surface area contributed by atoms with Crippen LogP contribution in [0, 0.1) is 11.8 Å². The SMILES string of the molecule is NCC#Cc1nc(-c2cc(Cl)ccc2OC(F)F)c(NC(=O)c2cnn3cccnc23)s1. The summed E-state index contributed by atoms with van der Waals surface area (Å²) in [6, 6.07) is 5.80. The molecular weight excluding hydrogens is 462 g/mol. The van der Waals surface area contributed by atoms with Gasteiger partial charge in [-0.15, -0.1) is 0 Å². The summed E-state index contributed by atoms with van der Waals surface area (Å²) in [5.74, 6) is 4.78. The van der Waals surface area contributed by atoms with E-state index in [9.17, 15) is 13.6 Å². The highest BCUT2D eigenvalue weighted by Gasteiger charge is 2.22. The lowest BCUT2D eigenvalue weighted by molar-refractivity contribution is -0.0494. The van der Waals surface area contributed by atoms with E-state index in [4.69, 9.17) is 17.3 Å². The van der Waals surface area contributed by atoms with E-state index in [0.29, 0.717) is 10.7 Å². The topological polar surface area (TPSA) is 107 Å². The largest absolute Gasteiger partial charge is 0.434 e. The fraction of sp³-hybridized carbons (Fsp3) is 0.100. The molecular formula is C20H13ClF2N6O2S. The standard InChI is InChI=1S/C20H13ClF2N6O2S/c21-11-4-5-14(31-20(22)23)12(9-11)16-19(32-15(27-16)3-1-6-24)28-18(30)13-10-26-29-8-2-7-25-17(13)29/h2,4-5,7-10,20H,6,24H2,(H,28,30). The minimum absolute atomic E-state index is 0.0988. The highest BCUT2D eigenvalue weighted by molar-refractivity contribution is 7.17. The predicted molar refractivity (Wildman–Crippen MR) is 116 cm³/mol. The molecule has 4 rings (SSSR count). The summed E-state index contributed by atoms with van der Waals surface area (Å²) in [4.78, 5) is 21.5. The lowest BCUT2D eigenvalue weighted by atomic mass is 10.1. The van der Waals surface area contributed by atoms with Gasteiger partial charge in [-0.3, -0.25) is 4.79 Å². The number of hydrogen-bond donors (Lipinski definition) is 2. The van der Waals surface area contributed by atoms with Crippen LogP contribution in [0.15, 0.2) is 42.9 Å². The van der Waals surface area contributed by atoms with Crippen molar-refractivity contribution in [3.05, 3.63) is 58.4 Å². The number of benzene rings is 1. The molecule has 3 N–H and O–H groups in total. The first kappa shape index (κ1) is 21.6. The maximum atomic E-state index is 13.0. The van der Waals surface area contributed by atoms with Crippen LogP contribution in [0.25, 0.3) is 16.9 Å². The van der Waals surface area contributed by atoms with Gasteiger partial charge in [0.15, 0.2) is 10.7 Å². The zero-order chi connectivity index (χ0) is 22.7. The third-order valence-electron chi connectivity index (χ3n) is 4.09. The van der Waals surface area contributed by atoms with Crippen LogP contribution >= 0.6 is 22.9 Å². The van der Waals surface area contributed by atoms with Crippen LogP contribution < -0.4 is 15.8 Å². The van der Waals surface area contributed by atoms with Crippen LogP contribution in [0.2, 0.25) is 5.02 Å². The van der Waals surface area contributed by atoms with Gasteiger partial charge in [-0.2, -0.15) is 13.9 Å². The number of aromatic nitrogens is 4. The molecule has 0 bridgehead atoms. The van der Waals surface area contributed by atoms with Crippen molar-refractivity contribution in [2.45, 2.75) is 6.61 Å². The van der Waals surface area contributed by atoms with Gasteiger partial charge in [0, 0.05) is 23.0 Å². The molecule has 0 saturated heterocycles.